The summed E-state index contributed by atoms with van der Waals surface area (Å²) in [6.45, 7) is 2.53. The number of amides is 2. The summed E-state index contributed by atoms with van der Waals surface area (Å²) in [5, 5.41) is 4.22. The second-order valence-electron chi connectivity index (χ2n) is 9.50. The lowest BCUT2D eigenvalue weighted by Gasteiger charge is -2.32. The van der Waals surface area contributed by atoms with Crippen molar-refractivity contribution >= 4 is 22.7 Å². The summed E-state index contributed by atoms with van der Waals surface area (Å²) in [5.41, 5.74) is 2.52. The predicted molar refractivity (Wildman–Crippen MR) is 142 cm³/mol. The molecule has 2 aromatic carbocycles. The molecule has 7 heteroatoms. The Kier molecular flexibility index (Phi) is 7.59. The SMILES string of the molecule is CCOc1ccccc1[C@@H](C(=O)NC1CCCC1)N(Cc1ccco1)C(=O)Cc1c[nH]c2ccccc12. The monoisotopic (exact) mass is 499 g/mol. The van der Waals surface area contributed by atoms with E-state index >= 15 is 0 Å². The number of aromatic amines is 1. The molecule has 192 valence electrons. The molecule has 0 radical (unpaired) electrons. The van der Waals surface area contributed by atoms with Crippen LogP contribution in [0.4, 0.5) is 0 Å². The Labute approximate surface area is 216 Å². The van der Waals surface area contributed by atoms with Gasteiger partial charge in [-0.25, -0.2) is 0 Å². The van der Waals surface area contributed by atoms with Gasteiger partial charge in [-0.1, -0.05) is 49.2 Å². The maximum atomic E-state index is 14.1. The molecule has 0 saturated heterocycles. The van der Waals surface area contributed by atoms with Gasteiger partial charge in [0.25, 0.3) is 0 Å². The number of hydrogen-bond acceptors (Lipinski definition) is 4. The van der Waals surface area contributed by atoms with Crippen LogP contribution in [0.1, 0.15) is 55.5 Å². The summed E-state index contributed by atoms with van der Waals surface area (Å²) < 4.78 is 11.6. The Bertz CT molecular complexity index is 1340. The third-order valence-electron chi connectivity index (χ3n) is 7.02. The molecule has 0 aliphatic heterocycles. The van der Waals surface area contributed by atoms with Crippen molar-refractivity contribution < 1.29 is 18.7 Å². The first-order valence-electron chi connectivity index (χ1n) is 13.0. The molecule has 1 aliphatic rings. The van der Waals surface area contributed by atoms with E-state index in [0.717, 1.165) is 42.1 Å². The fourth-order valence-electron chi connectivity index (χ4n) is 5.23. The molecule has 1 saturated carbocycles. The normalized spacial score (nSPS) is 14.5. The Balaban J connectivity index is 1.54. The molecule has 0 unspecified atom stereocenters. The van der Waals surface area contributed by atoms with Crippen molar-refractivity contribution in [2.45, 2.75) is 57.7 Å². The number of rotatable bonds is 10. The number of carbonyl (C=O) groups is 2. The van der Waals surface area contributed by atoms with Gasteiger partial charge >= 0.3 is 0 Å². The molecule has 4 aromatic rings. The van der Waals surface area contributed by atoms with E-state index in [0.29, 0.717) is 23.7 Å². The summed E-state index contributed by atoms with van der Waals surface area (Å²) in [6, 6.07) is 18.2. The molecule has 1 atom stereocenters. The number of nitrogens with one attached hydrogen (secondary N) is 2. The van der Waals surface area contributed by atoms with Crippen LogP contribution >= 0.6 is 0 Å². The van der Waals surface area contributed by atoms with Crippen molar-refractivity contribution in [1.29, 1.82) is 0 Å². The topological polar surface area (TPSA) is 87.6 Å². The molecule has 1 fully saturated rings. The third-order valence-corrected chi connectivity index (χ3v) is 7.02. The van der Waals surface area contributed by atoms with Gasteiger partial charge in [-0.2, -0.15) is 0 Å². The third kappa shape index (κ3) is 5.56. The number of para-hydroxylation sites is 2. The molecule has 1 aliphatic carbocycles. The van der Waals surface area contributed by atoms with Crippen LogP contribution in [-0.4, -0.2) is 34.3 Å². The highest BCUT2D eigenvalue weighted by Gasteiger charge is 2.35. The maximum Gasteiger partial charge on any atom is 0.247 e. The molecular formula is C30H33N3O4. The van der Waals surface area contributed by atoms with Gasteiger partial charge in [0.1, 0.15) is 17.6 Å². The summed E-state index contributed by atoms with van der Waals surface area (Å²) >= 11 is 0. The number of fused-ring (bicyclic) bond motifs is 1. The average Bonchev–Trinajstić information content (AvgIpc) is 3.68. The Morgan fingerprint density at radius 2 is 1.86 bits per heavy atom. The Morgan fingerprint density at radius 3 is 2.65 bits per heavy atom. The summed E-state index contributed by atoms with van der Waals surface area (Å²) in [6.07, 6.45) is 7.70. The van der Waals surface area contributed by atoms with Gasteiger partial charge < -0.3 is 24.4 Å². The van der Waals surface area contributed by atoms with E-state index < -0.39 is 6.04 Å². The molecule has 2 N–H and O–H groups in total. The van der Waals surface area contributed by atoms with E-state index in [2.05, 4.69) is 10.3 Å². The van der Waals surface area contributed by atoms with Crippen molar-refractivity contribution in [1.82, 2.24) is 15.2 Å². The standard InChI is InChI=1S/C30H33N3O4/c1-2-36-27-16-8-6-14-25(27)29(30(35)32-22-10-3-4-11-22)33(20-23-12-9-17-37-23)28(34)18-21-19-31-26-15-7-5-13-24(21)26/h5-9,12-17,19,22,29,31H,2-4,10-11,18,20H2,1H3,(H,32,35)/t29-/m0/s1. The lowest BCUT2D eigenvalue weighted by Crippen LogP contribution is -2.46. The van der Waals surface area contributed by atoms with Crippen LogP contribution in [0.5, 0.6) is 5.75 Å². The number of H-pyrrole nitrogens is 1. The zero-order valence-corrected chi connectivity index (χ0v) is 21.1. The first kappa shape index (κ1) is 24.7. The highest BCUT2D eigenvalue weighted by atomic mass is 16.5. The van der Waals surface area contributed by atoms with E-state index in [4.69, 9.17) is 9.15 Å². The fraction of sp³-hybridized carbons (Fsp3) is 0.333. The van der Waals surface area contributed by atoms with Gasteiger partial charge in [0.05, 0.1) is 25.8 Å². The number of carbonyl (C=O) groups excluding carboxylic acids is 2. The maximum absolute atomic E-state index is 14.1. The van der Waals surface area contributed by atoms with Crippen molar-refractivity contribution in [2.75, 3.05) is 6.61 Å². The van der Waals surface area contributed by atoms with Crippen LogP contribution < -0.4 is 10.1 Å². The highest BCUT2D eigenvalue weighted by molar-refractivity contribution is 5.93. The summed E-state index contributed by atoms with van der Waals surface area (Å²) in [7, 11) is 0. The zero-order chi connectivity index (χ0) is 25.6. The first-order chi connectivity index (χ1) is 18.1. The zero-order valence-electron chi connectivity index (χ0n) is 21.1. The minimum absolute atomic E-state index is 0.114. The van der Waals surface area contributed by atoms with Crippen LogP contribution in [0.15, 0.2) is 77.5 Å². The van der Waals surface area contributed by atoms with Crippen molar-refractivity contribution in [2.24, 2.45) is 0 Å². The molecule has 0 spiro atoms. The van der Waals surface area contributed by atoms with E-state index in [9.17, 15) is 9.59 Å². The van der Waals surface area contributed by atoms with Crippen LogP contribution in [-0.2, 0) is 22.6 Å². The summed E-state index contributed by atoms with van der Waals surface area (Å²) in [5.74, 6) is 0.845. The van der Waals surface area contributed by atoms with E-state index in [1.165, 1.54) is 0 Å². The van der Waals surface area contributed by atoms with Gasteiger partial charge in [-0.3, -0.25) is 9.59 Å². The molecule has 5 rings (SSSR count). The quantitative estimate of drug-likeness (QED) is 0.300. The van der Waals surface area contributed by atoms with Crippen LogP contribution in [0.25, 0.3) is 10.9 Å². The smallest absolute Gasteiger partial charge is 0.247 e. The van der Waals surface area contributed by atoms with Crippen molar-refractivity contribution in [3.05, 3.63) is 90.0 Å². The second-order valence-corrected chi connectivity index (χ2v) is 9.50. The number of aromatic nitrogens is 1. The van der Waals surface area contributed by atoms with Gasteiger partial charge in [0.15, 0.2) is 0 Å². The second kappa shape index (κ2) is 11.4. The molecule has 37 heavy (non-hydrogen) atoms. The number of hydrogen-bond donors (Lipinski definition) is 2. The van der Waals surface area contributed by atoms with E-state index in [1.54, 1.807) is 17.2 Å². The number of nitrogens with zero attached hydrogens (tertiary/aromatic N) is 1. The van der Waals surface area contributed by atoms with E-state index in [1.807, 2.05) is 67.7 Å². The largest absolute Gasteiger partial charge is 0.494 e. The van der Waals surface area contributed by atoms with Crippen LogP contribution in [0.3, 0.4) is 0 Å². The highest BCUT2D eigenvalue weighted by Crippen LogP contribution is 2.33. The predicted octanol–water partition coefficient (Wildman–Crippen LogP) is 5.53. The van der Waals surface area contributed by atoms with Crippen molar-refractivity contribution in [3.63, 3.8) is 0 Å². The van der Waals surface area contributed by atoms with Crippen LogP contribution in [0.2, 0.25) is 0 Å². The average molecular weight is 500 g/mol. The first-order valence-corrected chi connectivity index (χ1v) is 13.0. The fourth-order valence-corrected chi connectivity index (χ4v) is 5.23. The number of ether oxygens (including phenoxy) is 1. The molecule has 2 heterocycles. The van der Waals surface area contributed by atoms with Crippen LogP contribution in [0, 0.1) is 0 Å². The summed E-state index contributed by atoms with van der Waals surface area (Å²) in [4.78, 5) is 32.9. The molecule has 7 nitrogen and oxygen atoms in total. The molecule has 0 bridgehead atoms. The number of furan rings is 1. The van der Waals surface area contributed by atoms with Crippen molar-refractivity contribution in [3.8, 4) is 5.75 Å². The van der Waals surface area contributed by atoms with Gasteiger partial charge in [-0.15, -0.1) is 0 Å². The lowest BCUT2D eigenvalue weighted by atomic mass is 10.0. The van der Waals surface area contributed by atoms with Gasteiger partial charge in [-0.05, 0) is 49.6 Å². The molecule has 2 amide bonds. The molecule has 2 aromatic heterocycles. The minimum atomic E-state index is -0.869. The van der Waals surface area contributed by atoms with Gasteiger partial charge in [0.2, 0.25) is 11.8 Å². The molecular weight excluding hydrogens is 466 g/mol. The lowest BCUT2D eigenvalue weighted by molar-refractivity contribution is -0.141. The van der Waals surface area contributed by atoms with E-state index in [-0.39, 0.29) is 30.8 Å². The number of benzene rings is 2. The van der Waals surface area contributed by atoms with Gasteiger partial charge in [0, 0.05) is 28.7 Å². The Hall–Kier alpha value is -4.00. The minimum Gasteiger partial charge on any atom is -0.494 e. The Morgan fingerprint density at radius 1 is 1.08 bits per heavy atom.